The van der Waals surface area contributed by atoms with Crippen LogP contribution in [-0.4, -0.2) is 41.2 Å². The Hall–Kier alpha value is -3.72. The van der Waals surface area contributed by atoms with E-state index in [1.165, 1.54) is 28.7 Å². The Morgan fingerprint density at radius 1 is 0.971 bits per heavy atom. The maximum Gasteiger partial charge on any atom is 0.407 e. The Morgan fingerprint density at radius 3 is 2.32 bits per heavy atom. The summed E-state index contributed by atoms with van der Waals surface area (Å²) in [4.78, 5) is 39.6. The predicted molar refractivity (Wildman–Crippen MR) is 128 cm³/mol. The molecular weight excluding hydrogens is 454 g/mol. The Morgan fingerprint density at radius 2 is 1.65 bits per heavy atom. The monoisotopic (exact) mass is 479 g/mol. The first-order chi connectivity index (χ1) is 16.5. The van der Waals surface area contributed by atoms with Gasteiger partial charge in [0.15, 0.2) is 0 Å². The van der Waals surface area contributed by atoms with Gasteiger partial charge in [-0.2, -0.15) is 0 Å². The Kier molecular flexibility index (Phi) is 7.54. The van der Waals surface area contributed by atoms with Crippen molar-refractivity contribution in [3.05, 3.63) is 75.7 Å². The van der Waals surface area contributed by atoms with Crippen LogP contribution < -0.4 is 10.6 Å². The fourth-order valence-electron chi connectivity index (χ4n) is 3.98. The molecule has 1 aliphatic rings. The van der Waals surface area contributed by atoms with Gasteiger partial charge < -0.3 is 20.5 Å². The number of rotatable bonds is 10. The number of fused-ring (bicyclic) bond motifs is 3. The zero-order valence-corrected chi connectivity index (χ0v) is 19.3. The molecule has 2 amide bonds. The van der Waals surface area contributed by atoms with Crippen LogP contribution in [0.3, 0.4) is 0 Å². The number of nitrogens with one attached hydrogen (secondary N) is 2. The zero-order valence-electron chi connectivity index (χ0n) is 18.5. The number of alkyl carbamates (subject to hydrolysis) is 1. The third kappa shape index (κ3) is 5.60. The molecule has 34 heavy (non-hydrogen) atoms. The first-order valence-electron chi connectivity index (χ1n) is 11.1. The van der Waals surface area contributed by atoms with E-state index in [1.807, 2.05) is 24.3 Å². The lowest BCUT2D eigenvalue weighted by molar-refractivity contribution is -0.137. The zero-order chi connectivity index (χ0) is 23.9. The quantitative estimate of drug-likeness (QED) is 0.376. The van der Waals surface area contributed by atoms with Crippen molar-refractivity contribution in [1.82, 2.24) is 15.6 Å². The highest BCUT2D eigenvalue weighted by molar-refractivity contribution is 7.13. The van der Waals surface area contributed by atoms with Gasteiger partial charge in [0.2, 0.25) is 0 Å². The van der Waals surface area contributed by atoms with Crippen LogP contribution in [0.15, 0.2) is 54.7 Å². The summed E-state index contributed by atoms with van der Waals surface area (Å²) in [6, 6.07) is 16.3. The molecule has 3 aromatic rings. The van der Waals surface area contributed by atoms with Crippen LogP contribution in [0, 0.1) is 0 Å². The molecule has 1 aromatic heterocycles. The van der Waals surface area contributed by atoms with Crippen molar-refractivity contribution in [1.29, 1.82) is 0 Å². The molecule has 8 nitrogen and oxygen atoms in total. The number of carboxylic acids is 1. The van der Waals surface area contributed by atoms with Crippen molar-refractivity contribution in [2.24, 2.45) is 0 Å². The van der Waals surface area contributed by atoms with Gasteiger partial charge in [0.25, 0.3) is 5.91 Å². The van der Waals surface area contributed by atoms with Gasteiger partial charge in [-0.3, -0.25) is 9.59 Å². The highest BCUT2D eigenvalue weighted by atomic mass is 32.1. The number of nitrogens with zero attached hydrogens (tertiary/aromatic N) is 1. The summed E-state index contributed by atoms with van der Waals surface area (Å²) in [7, 11) is 0. The number of carboxylic acid groups (broad SMARTS) is 1. The van der Waals surface area contributed by atoms with Crippen molar-refractivity contribution in [3.63, 3.8) is 0 Å². The van der Waals surface area contributed by atoms with Crippen LogP contribution in [-0.2, 0) is 16.1 Å². The minimum absolute atomic E-state index is 0.0104. The third-order valence-electron chi connectivity index (χ3n) is 5.61. The number of unbranched alkanes of at least 4 members (excludes halogenated alkanes) is 1. The first kappa shape index (κ1) is 23.4. The van der Waals surface area contributed by atoms with Gasteiger partial charge in [0.1, 0.15) is 16.5 Å². The molecule has 0 unspecified atom stereocenters. The molecule has 4 rings (SSSR count). The minimum atomic E-state index is -0.845. The van der Waals surface area contributed by atoms with Crippen LogP contribution in [0.1, 0.15) is 51.0 Å². The van der Waals surface area contributed by atoms with E-state index >= 15 is 0 Å². The Labute approximate surface area is 201 Å². The summed E-state index contributed by atoms with van der Waals surface area (Å²) in [6.45, 7) is 0.790. The lowest BCUT2D eigenvalue weighted by Gasteiger charge is -2.14. The number of benzene rings is 2. The SMILES string of the molecule is O=C(O)CCCCNC(=O)c1cnc(CNC(=O)OCC2c3ccccc3-c3ccccc32)s1. The summed E-state index contributed by atoms with van der Waals surface area (Å²) >= 11 is 1.19. The van der Waals surface area contributed by atoms with Gasteiger partial charge in [-0.25, -0.2) is 9.78 Å². The molecule has 176 valence electrons. The fraction of sp³-hybridized carbons (Fsp3) is 0.280. The molecule has 1 heterocycles. The maximum atomic E-state index is 12.3. The average Bonchev–Trinajstić information content (AvgIpc) is 3.44. The van der Waals surface area contributed by atoms with Gasteiger partial charge in [0.05, 0.1) is 12.7 Å². The standard InChI is InChI=1S/C25H25N3O5S/c29-23(30)11-5-6-12-26-24(31)21-13-27-22(34-21)14-28-25(32)33-15-20-18-9-3-1-7-16(18)17-8-2-4-10-19(17)20/h1-4,7-10,13,20H,5-6,11-12,14-15H2,(H,26,31)(H,28,32)(H,29,30). The van der Waals surface area contributed by atoms with Crippen molar-refractivity contribution in [2.75, 3.05) is 13.2 Å². The van der Waals surface area contributed by atoms with Crippen molar-refractivity contribution in [2.45, 2.75) is 31.7 Å². The third-order valence-corrected chi connectivity index (χ3v) is 6.60. The van der Waals surface area contributed by atoms with Gasteiger partial charge >= 0.3 is 12.1 Å². The molecular formula is C25H25N3O5S. The molecule has 0 aliphatic heterocycles. The number of aromatic nitrogens is 1. The van der Waals surface area contributed by atoms with Crippen LogP contribution >= 0.6 is 11.3 Å². The summed E-state index contributed by atoms with van der Waals surface area (Å²) in [5.74, 6) is -1.12. The number of amides is 2. The summed E-state index contributed by atoms with van der Waals surface area (Å²) in [5, 5.41) is 14.7. The normalized spacial score (nSPS) is 12.0. The Balaban J connectivity index is 1.24. The van der Waals surface area contributed by atoms with Crippen LogP contribution in [0.4, 0.5) is 4.79 Å². The summed E-state index contributed by atoms with van der Waals surface area (Å²) in [5.41, 5.74) is 4.63. The van der Waals surface area contributed by atoms with Gasteiger partial charge in [-0.15, -0.1) is 11.3 Å². The molecule has 0 saturated heterocycles. The first-order valence-corrected chi connectivity index (χ1v) is 11.9. The topological polar surface area (TPSA) is 118 Å². The van der Waals surface area contributed by atoms with Gasteiger partial charge in [-0.05, 0) is 35.1 Å². The number of thiazole rings is 1. The van der Waals surface area contributed by atoms with E-state index in [0.717, 1.165) is 11.1 Å². The number of ether oxygens (including phenoxy) is 1. The maximum absolute atomic E-state index is 12.3. The van der Waals surface area contributed by atoms with E-state index in [0.29, 0.717) is 29.3 Å². The van der Waals surface area contributed by atoms with Gasteiger partial charge in [0, 0.05) is 18.9 Å². The lowest BCUT2D eigenvalue weighted by Crippen LogP contribution is -2.25. The molecule has 0 radical (unpaired) electrons. The van der Waals surface area contributed by atoms with Gasteiger partial charge in [-0.1, -0.05) is 48.5 Å². The fourth-order valence-corrected chi connectivity index (χ4v) is 4.76. The van der Waals surface area contributed by atoms with Crippen LogP contribution in [0.5, 0.6) is 0 Å². The highest BCUT2D eigenvalue weighted by Crippen LogP contribution is 2.44. The summed E-state index contributed by atoms with van der Waals surface area (Å²) < 4.78 is 5.51. The van der Waals surface area contributed by atoms with E-state index < -0.39 is 12.1 Å². The molecule has 1 aliphatic carbocycles. The lowest BCUT2D eigenvalue weighted by atomic mass is 9.98. The molecule has 0 fully saturated rings. The molecule has 0 saturated carbocycles. The van der Waals surface area contributed by atoms with E-state index in [9.17, 15) is 14.4 Å². The minimum Gasteiger partial charge on any atom is -0.481 e. The number of hydrogen-bond acceptors (Lipinski definition) is 6. The van der Waals surface area contributed by atoms with E-state index in [1.54, 1.807) is 0 Å². The number of hydrogen-bond donors (Lipinski definition) is 3. The highest BCUT2D eigenvalue weighted by Gasteiger charge is 2.29. The van der Waals surface area contributed by atoms with Crippen molar-refractivity contribution in [3.8, 4) is 11.1 Å². The van der Waals surface area contributed by atoms with E-state index in [-0.39, 0.29) is 31.4 Å². The largest absolute Gasteiger partial charge is 0.481 e. The number of carbonyl (C=O) groups is 3. The van der Waals surface area contributed by atoms with Crippen LogP contribution in [0.25, 0.3) is 11.1 Å². The van der Waals surface area contributed by atoms with Crippen LogP contribution in [0.2, 0.25) is 0 Å². The number of aliphatic carboxylic acids is 1. The van der Waals surface area contributed by atoms with Crippen molar-refractivity contribution < 1.29 is 24.2 Å². The number of carbonyl (C=O) groups excluding carboxylic acids is 2. The van der Waals surface area contributed by atoms with E-state index in [2.05, 4.69) is 39.9 Å². The molecule has 9 heteroatoms. The average molecular weight is 480 g/mol. The second-order valence-corrected chi connectivity index (χ2v) is 9.02. The predicted octanol–water partition coefficient (Wildman–Crippen LogP) is 4.17. The second-order valence-electron chi connectivity index (χ2n) is 7.90. The Bertz CT molecular complexity index is 1150. The molecule has 0 atom stereocenters. The molecule has 0 bridgehead atoms. The molecule has 3 N–H and O–H groups in total. The molecule has 0 spiro atoms. The van der Waals surface area contributed by atoms with Crippen molar-refractivity contribution >= 4 is 29.3 Å². The summed E-state index contributed by atoms with van der Waals surface area (Å²) in [6.07, 6.45) is 2.11. The smallest absolute Gasteiger partial charge is 0.407 e. The molecule has 2 aromatic carbocycles. The second kappa shape index (κ2) is 10.9. The van der Waals surface area contributed by atoms with E-state index in [4.69, 9.17) is 9.84 Å².